The van der Waals surface area contributed by atoms with Crippen molar-refractivity contribution in [1.29, 1.82) is 0 Å². The van der Waals surface area contributed by atoms with E-state index in [0.29, 0.717) is 30.2 Å². The molecule has 2 N–H and O–H groups in total. The lowest BCUT2D eigenvalue weighted by atomic mass is 9.68. The summed E-state index contributed by atoms with van der Waals surface area (Å²) in [5.74, 6) is 1.25. The highest BCUT2D eigenvalue weighted by atomic mass is 32.1. The highest BCUT2D eigenvalue weighted by Crippen LogP contribution is 2.43. The number of fused-ring (bicyclic) bond motifs is 1. The van der Waals surface area contributed by atoms with Gasteiger partial charge in [-0.2, -0.15) is 5.10 Å². The second-order valence-corrected chi connectivity index (χ2v) is 7.88. The van der Waals surface area contributed by atoms with Gasteiger partial charge in [0.05, 0.1) is 0 Å². The van der Waals surface area contributed by atoms with Gasteiger partial charge in [0.1, 0.15) is 5.82 Å². The van der Waals surface area contributed by atoms with Gasteiger partial charge in [-0.15, -0.1) is 0 Å². The first-order valence-corrected chi connectivity index (χ1v) is 9.27. The topological polar surface area (TPSA) is 62.7 Å². The van der Waals surface area contributed by atoms with E-state index >= 15 is 0 Å². The van der Waals surface area contributed by atoms with Crippen molar-refractivity contribution in [2.45, 2.75) is 57.9 Å². The quantitative estimate of drug-likeness (QED) is 0.803. The molecular weight excluding hydrogens is 332 g/mol. The number of benzene rings is 1. The highest BCUT2D eigenvalue weighted by Gasteiger charge is 2.32. The van der Waals surface area contributed by atoms with Crippen LogP contribution >= 0.6 is 12.2 Å². The van der Waals surface area contributed by atoms with Crippen molar-refractivity contribution in [2.75, 3.05) is 6.54 Å². The average Bonchev–Trinajstić information content (AvgIpc) is 2.90. The number of carbonyl (C=O) groups is 1. The number of H-pyrrole nitrogens is 1. The van der Waals surface area contributed by atoms with Crippen LogP contribution in [0.5, 0.6) is 0 Å². The first-order valence-electron chi connectivity index (χ1n) is 8.86. The maximum atomic E-state index is 12.4. The van der Waals surface area contributed by atoms with Gasteiger partial charge in [-0.25, -0.2) is 0 Å². The van der Waals surface area contributed by atoms with Gasteiger partial charge < -0.3 is 9.88 Å². The summed E-state index contributed by atoms with van der Waals surface area (Å²) in [6.07, 6.45) is 2.72. The van der Waals surface area contributed by atoms with Crippen LogP contribution in [-0.2, 0) is 16.8 Å². The predicted molar refractivity (Wildman–Crippen MR) is 101 cm³/mol. The molecule has 0 saturated carbocycles. The molecule has 1 amide bonds. The SMILES string of the molecule is Cc1n[nH]c(=S)n1CCNC(=O)C[C@@H]1CCC(C)(C)c2ccccc21. The number of amides is 1. The number of aryl methyl sites for hydroxylation is 1. The van der Waals surface area contributed by atoms with E-state index in [-0.39, 0.29) is 11.3 Å². The fraction of sp³-hybridized carbons (Fsp3) is 0.526. The average molecular weight is 359 g/mol. The van der Waals surface area contributed by atoms with E-state index in [2.05, 4.69) is 53.6 Å². The lowest BCUT2D eigenvalue weighted by molar-refractivity contribution is -0.121. The molecule has 6 heteroatoms. The molecular formula is C19H26N4OS. The number of aromatic nitrogens is 3. The summed E-state index contributed by atoms with van der Waals surface area (Å²) in [7, 11) is 0. The molecule has 0 fully saturated rings. The summed E-state index contributed by atoms with van der Waals surface area (Å²) in [5.41, 5.74) is 2.92. The molecule has 5 nitrogen and oxygen atoms in total. The van der Waals surface area contributed by atoms with Crippen LogP contribution in [0.2, 0.25) is 0 Å². The largest absolute Gasteiger partial charge is 0.354 e. The van der Waals surface area contributed by atoms with Gasteiger partial charge in [0.25, 0.3) is 0 Å². The van der Waals surface area contributed by atoms with E-state index in [1.165, 1.54) is 11.1 Å². The summed E-state index contributed by atoms with van der Waals surface area (Å²) in [5, 5.41) is 9.87. The van der Waals surface area contributed by atoms with Crippen LogP contribution in [0.3, 0.4) is 0 Å². The number of carbonyl (C=O) groups excluding carboxylic acids is 1. The van der Waals surface area contributed by atoms with Gasteiger partial charge >= 0.3 is 0 Å². The van der Waals surface area contributed by atoms with Crippen LogP contribution < -0.4 is 5.32 Å². The van der Waals surface area contributed by atoms with Crippen molar-refractivity contribution >= 4 is 18.1 Å². The van der Waals surface area contributed by atoms with Gasteiger partial charge in [0.15, 0.2) is 4.77 Å². The third-order valence-corrected chi connectivity index (χ3v) is 5.60. The molecule has 0 bridgehead atoms. The summed E-state index contributed by atoms with van der Waals surface area (Å²) in [6, 6.07) is 8.57. The fourth-order valence-electron chi connectivity index (χ4n) is 3.77. The number of aromatic amines is 1. The van der Waals surface area contributed by atoms with Crippen LogP contribution in [0.1, 0.15) is 56.0 Å². The number of hydrogen-bond donors (Lipinski definition) is 2. The third kappa shape index (κ3) is 3.84. The molecule has 0 aliphatic heterocycles. The minimum atomic E-state index is 0.104. The number of nitrogens with zero attached hydrogens (tertiary/aromatic N) is 2. The predicted octanol–water partition coefficient (Wildman–Crippen LogP) is 3.61. The second-order valence-electron chi connectivity index (χ2n) is 7.49. The Hall–Kier alpha value is -1.95. The molecule has 0 unspecified atom stereocenters. The molecule has 1 heterocycles. The molecule has 1 atom stereocenters. The van der Waals surface area contributed by atoms with Crippen molar-refractivity contribution in [2.24, 2.45) is 0 Å². The Balaban J connectivity index is 1.59. The van der Waals surface area contributed by atoms with Gasteiger partial charge in [0.2, 0.25) is 5.91 Å². The normalized spacial score (nSPS) is 18.6. The van der Waals surface area contributed by atoms with E-state index in [9.17, 15) is 4.79 Å². The first-order chi connectivity index (χ1) is 11.9. The minimum absolute atomic E-state index is 0.104. The van der Waals surface area contributed by atoms with Crippen LogP contribution in [0, 0.1) is 11.7 Å². The molecule has 0 saturated heterocycles. The number of hydrogen-bond acceptors (Lipinski definition) is 3. The zero-order valence-electron chi connectivity index (χ0n) is 15.1. The van der Waals surface area contributed by atoms with Gasteiger partial charge in [-0.05, 0) is 54.4 Å². The molecule has 1 aliphatic carbocycles. The van der Waals surface area contributed by atoms with E-state index in [1.54, 1.807) is 0 Å². The van der Waals surface area contributed by atoms with Crippen molar-refractivity contribution in [1.82, 2.24) is 20.1 Å². The van der Waals surface area contributed by atoms with Gasteiger partial charge in [0, 0.05) is 19.5 Å². The smallest absolute Gasteiger partial charge is 0.220 e. The Labute approximate surface area is 153 Å². The van der Waals surface area contributed by atoms with Crippen molar-refractivity contribution in [3.05, 3.63) is 46.0 Å². The van der Waals surface area contributed by atoms with E-state index in [4.69, 9.17) is 12.2 Å². The van der Waals surface area contributed by atoms with Crippen molar-refractivity contribution < 1.29 is 4.79 Å². The Morgan fingerprint density at radius 3 is 2.92 bits per heavy atom. The first kappa shape index (κ1) is 17.9. The van der Waals surface area contributed by atoms with Crippen molar-refractivity contribution in [3.8, 4) is 0 Å². The maximum Gasteiger partial charge on any atom is 0.220 e. The lowest BCUT2D eigenvalue weighted by Gasteiger charge is -2.37. The second kappa shape index (κ2) is 7.12. The molecule has 134 valence electrons. The molecule has 1 aromatic carbocycles. The van der Waals surface area contributed by atoms with E-state index in [0.717, 1.165) is 18.7 Å². The molecule has 25 heavy (non-hydrogen) atoms. The van der Waals surface area contributed by atoms with Gasteiger partial charge in [-0.1, -0.05) is 38.1 Å². The Kier molecular flexibility index (Phi) is 5.08. The zero-order chi connectivity index (χ0) is 18.0. The monoisotopic (exact) mass is 358 g/mol. The molecule has 0 radical (unpaired) electrons. The minimum Gasteiger partial charge on any atom is -0.354 e. The number of rotatable bonds is 5. The van der Waals surface area contributed by atoms with Crippen LogP contribution in [0.15, 0.2) is 24.3 Å². The molecule has 1 aliphatic rings. The summed E-state index contributed by atoms with van der Waals surface area (Å²) >= 11 is 5.18. The van der Waals surface area contributed by atoms with E-state index in [1.807, 2.05) is 11.5 Å². The van der Waals surface area contributed by atoms with Crippen molar-refractivity contribution in [3.63, 3.8) is 0 Å². The fourth-order valence-corrected chi connectivity index (χ4v) is 4.04. The van der Waals surface area contributed by atoms with Crippen LogP contribution in [0.4, 0.5) is 0 Å². The molecule has 3 rings (SSSR count). The summed E-state index contributed by atoms with van der Waals surface area (Å²) in [4.78, 5) is 12.4. The van der Waals surface area contributed by atoms with Gasteiger partial charge in [-0.3, -0.25) is 9.89 Å². The summed E-state index contributed by atoms with van der Waals surface area (Å²) in [6.45, 7) is 7.68. The molecule has 2 aromatic rings. The standard InChI is InChI=1S/C19H26N4OS/c1-13-21-22-18(25)23(13)11-10-20-17(24)12-14-8-9-19(2,3)16-7-5-4-6-15(14)16/h4-7,14H,8-12H2,1-3H3,(H,20,24)(H,22,25)/t14-/m0/s1. The molecule has 0 spiro atoms. The van der Waals surface area contributed by atoms with E-state index < -0.39 is 0 Å². The maximum absolute atomic E-state index is 12.4. The van der Waals surface area contributed by atoms with Crippen LogP contribution in [0.25, 0.3) is 0 Å². The summed E-state index contributed by atoms with van der Waals surface area (Å²) < 4.78 is 2.49. The number of nitrogens with one attached hydrogen (secondary N) is 2. The Bertz CT molecular complexity index is 821. The lowest BCUT2D eigenvalue weighted by Crippen LogP contribution is -2.32. The highest BCUT2D eigenvalue weighted by molar-refractivity contribution is 7.71. The third-order valence-electron chi connectivity index (χ3n) is 5.29. The zero-order valence-corrected chi connectivity index (χ0v) is 15.9. The van der Waals surface area contributed by atoms with Crippen LogP contribution in [-0.4, -0.2) is 27.2 Å². The molecule has 1 aromatic heterocycles. The Morgan fingerprint density at radius 1 is 1.44 bits per heavy atom. The Morgan fingerprint density at radius 2 is 2.20 bits per heavy atom.